The number of aliphatic hydroxyl groups excluding tert-OH is 2. The van der Waals surface area contributed by atoms with Gasteiger partial charge in [0.15, 0.2) is 0 Å². The van der Waals surface area contributed by atoms with Gasteiger partial charge in [0.1, 0.15) is 6.10 Å². The van der Waals surface area contributed by atoms with Crippen LogP contribution in [0.2, 0.25) is 0 Å². The summed E-state index contributed by atoms with van der Waals surface area (Å²) in [4.78, 5) is 21.9. The number of anilines is 1. The van der Waals surface area contributed by atoms with E-state index in [0.29, 0.717) is 10.6 Å². The first kappa shape index (κ1) is 16.9. The number of nitrogens with one attached hydrogen (secondary N) is 2. The Balaban J connectivity index is 2.01. The fourth-order valence-electron chi connectivity index (χ4n) is 1.92. The molecule has 0 aliphatic heterocycles. The highest BCUT2D eigenvalue weighted by Crippen LogP contribution is 2.21. The number of amides is 2. The number of rotatable bonds is 6. The van der Waals surface area contributed by atoms with Crippen molar-refractivity contribution < 1.29 is 19.9 Å². The Morgan fingerprint density at radius 1 is 1.30 bits per heavy atom. The minimum absolute atomic E-state index is 0.107. The fraction of sp³-hybridized carbons (Fsp3) is 0.214. The van der Waals surface area contributed by atoms with Gasteiger partial charge in [0.2, 0.25) is 0 Å². The number of thiophene rings is 1. The number of carbonyl (C=O) groups is 1. The minimum atomic E-state index is -1.20. The SMILES string of the molecule is O=C(Nc1cccs1)NC(CO)C(O)c1ccc([N+](=O)[O-])cc1. The van der Waals surface area contributed by atoms with E-state index in [1.165, 1.54) is 35.6 Å². The van der Waals surface area contributed by atoms with Crippen molar-refractivity contribution in [1.82, 2.24) is 5.32 Å². The predicted octanol–water partition coefficient (Wildman–Crippen LogP) is 1.87. The zero-order valence-corrected chi connectivity index (χ0v) is 12.7. The van der Waals surface area contributed by atoms with Gasteiger partial charge in [0.25, 0.3) is 5.69 Å². The van der Waals surface area contributed by atoms with Crippen LogP contribution in [-0.2, 0) is 0 Å². The van der Waals surface area contributed by atoms with Crippen molar-refractivity contribution in [2.45, 2.75) is 12.1 Å². The van der Waals surface area contributed by atoms with Crippen LogP contribution in [0.5, 0.6) is 0 Å². The maximum Gasteiger partial charge on any atom is 0.320 e. The molecule has 0 saturated heterocycles. The van der Waals surface area contributed by atoms with Crippen LogP contribution in [0.3, 0.4) is 0 Å². The van der Waals surface area contributed by atoms with Crippen LogP contribution in [0.1, 0.15) is 11.7 Å². The Morgan fingerprint density at radius 2 is 2.00 bits per heavy atom. The smallest absolute Gasteiger partial charge is 0.320 e. The second-order valence-electron chi connectivity index (χ2n) is 4.66. The van der Waals surface area contributed by atoms with Crippen LogP contribution >= 0.6 is 11.3 Å². The number of hydrogen-bond donors (Lipinski definition) is 4. The number of nitro groups is 1. The molecule has 2 aromatic rings. The van der Waals surface area contributed by atoms with Gasteiger partial charge < -0.3 is 15.5 Å². The third-order valence-corrected chi connectivity index (χ3v) is 3.88. The summed E-state index contributed by atoms with van der Waals surface area (Å²) in [5.74, 6) is 0. The molecule has 2 rings (SSSR count). The summed E-state index contributed by atoms with van der Waals surface area (Å²) in [6, 6.07) is 7.23. The van der Waals surface area contributed by atoms with E-state index in [2.05, 4.69) is 10.6 Å². The lowest BCUT2D eigenvalue weighted by molar-refractivity contribution is -0.384. The van der Waals surface area contributed by atoms with Crippen molar-refractivity contribution >= 4 is 28.1 Å². The topological polar surface area (TPSA) is 125 Å². The molecule has 0 aliphatic carbocycles. The van der Waals surface area contributed by atoms with Gasteiger partial charge in [-0.1, -0.05) is 0 Å². The first-order valence-electron chi connectivity index (χ1n) is 6.65. The van der Waals surface area contributed by atoms with Crippen molar-refractivity contribution in [1.29, 1.82) is 0 Å². The van der Waals surface area contributed by atoms with E-state index in [4.69, 9.17) is 0 Å². The third kappa shape index (κ3) is 4.49. The fourth-order valence-corrected chi connectivity index (χ4v) is 2.53. The van der Waals surface area contributed by atoms with E-state index in [9.17, 15) is 25.1 Å². The first-order chi connectivity index (χ1) is 11.0. The zero-order valence-electron chi connectivity index (χ0n) is 11.9. The van der Waals surface area contributed by atoms with Crippen LogP contribution in [0.4, 0.5) is 15.5 Å². The lowest BCUT2D eigenvalue weighted by Crippen LogP contribution is -2.43. The van der Waals surface area contributed by atoms with E-state index in [-0.39, 0.29) is 5.69 Å². The number of non-ortho nitro benzene ring substituents is 1. The molecule has 0 bridgehead atoms. The van der Waals surface area contributed by atoms with Gasteiger partial charge in [-0.25, -0.2) is 4.79 Å². The van der Waals surface area contributed by atoms with Crippen molar-refractivity contribution in [3.8, 4) is 0 Å². The summed E-state index contributed by atoms with van der Waals surface area (Å²) in [5, 5.41) is 37.7. The molecular formula is C14H15N3O5S. The second kappa shape index (κ2) is 7.68. The highest BCUT2D eigenvalue weighted by Gasteiger charge is 2.23. The maximum atomic E-state index is 11.8. The lowest BCUT2D eigenvalue weighted by atomic mass is 10.0. The third-order valence-electron chi connectivity index (χ3n) is 3.10. The monoisotopic (exact) mass is 337 g/mol. The Bertz CT molecular complexity index is 660. The molecule has 122 valence electrons. The normalized spacial score (nSPS) is 13.1. The van der Waals surface area contributed by atoms with Gasteiger partial charge in [-0.2, -0.15) is 0 Å². The Kier molecular flexibility index (Phi) is 5.63. The van der Waals surface area contributed by atoms with Crippen molar-refractivity contribution in [3.63, 3.8) is 0 Å². The number of nitro benzene ring substituents is 1. The standard InChI is InChI=1S/C14H15N3O5S/c18-8-11(15-14(20)16-12-2-1-7-23-12)13(19)9-3-5-10(6-4-9)17(21)22/h1-7,11,13,18-19H,8H2,(H2,15,16,20). The summed E-state index contributed by atoms with van der Waals surface area (Å²) in [6.07, 6.45) is -1.20. The summed E-state index contributed by atoms with van der Waals surface area (Å²) in [6.45, 7) is -0.490. The van der Waals surface area contributed by atoms with Crippen molar-refractivity contribution in [2.24, 2.45) is 0 Å². The zero-order chi connectivity index (χ0) is 16.8. The van der Waals surface area contributed by atoms with Crippen molar-refractivity contribution in [3.05, 3.63) is 57.5 Å². The van der Waals surface area contributed by atoms with E-state index in [1.807, 2.05) is 0 Å². The summed E-state index contributed by atoms with van der Waals surface area (Å²) >= 11 is 1.33. The highest BCUT2D eigenvalue weighted by atomic mass is 32.1. The largest absolute Gasteiger partial charge is 0.394 e. The molecule has 2 atom stereocenters. The van der Waals surface area contributed by atoms with E-state index in [1.54, 1.807) is 17.5 Å². The molecule has 0 fully saturated rings. The number of hydrogen-bond acceptors (Lipinski definition) is 6. The number of carbonyl (C=O) groups excluding carboxylic acids is 1. The van der Waals surface area contributed by atoms with Gasteiger partial charge in [-0.15, -0.1) is 11.3 Å². The summed E-state index contributed by atoms with van der Waals surface area (Å²) in [7, 11) is 0. The molecule has 1 heterocycles. The van der Waals surface area contributed by atoms with Crippen LogP contribution in [-0.4, -0.2) is 33.8 Å². The van der Waals surface area contributed by atoms with Crippen LogP contribution < -0.4 is 10.6 Å². The minimum Gasteiger partial charge on any atom is -0.394 e. The number of benzene rings is 1. The number of aliphatic hydroxyl groups is 2. The Morgan fingerprint density at radius 3 is 2.52 bits per heavy atom. The molecule has 9 heteroatoms. The molecule has 0 spiro atoms. The molecule has 4 N–H and O–H groups in total. The van der Waals surface area contributed by atoms with Gasteiger partial charge in [-0.3, -0.25) is 15.4 Å². The molecule has 2 amide bonds. The van der Waals surface area contributed by atoms with Crippen LogP contribution in [0, 0.1) is 10.1 Å². The van der Waals surface area contributed by atoms with Crippen LogP contribution in [0.25, 0.3) is 0 Å². The second-order valence-corrected chi connectivity index (χ2v) is 5.61. The highest BCUT2D eigenvalue weighted by molar-refractivity contribution is 7.14. The maximum absolute atomic E-state index is 11.8. The quantitative estimate of drug-likeness (QED) is 0.473. The molecule has 2 unspecified atom stereocenters. The number of urea groups is 1. The molecule has 23 heavy (non-hydrogen) atoms. The van der Waals surface area contributed by atoms with Gasteiger partial charge >= 0.3 is 6.03 Å². The summed E-state index contributed by atoms with van der Waals surface area (Å²) in [5.41, 5.74) is 0.246. The van der Waals surface area contributed by atoms with Crippen molar-refractivity contribution in [2.75, 3.05) is 11.9 Å². The van der Waals surface area contributed by atoms with Gasteiger partial charge in [-0.05, 0) is 35.2 Å². The number of nitrogens with zero attached hydrogens (tertiary/aromatic N) is 1. The molecule has 1 aromatic carbocycles. The molecule has 8 nitrogen and oxygen atoms in total. The predicted molar refractivity (Wildman–Crippen MR) is 85.4 cm³/mol. The molecule has 0 radical (unpaired) electrons. The Hall–Kier alpha value is -2.49. The molecule has 1 aromatic heterocycles. The molecular weight excluding hydrogens is 322 g/mol. The molecule has 0 saturated carbocycles. The first-order valence-corrected chi connectivity index (χ1v) is 7.53. The average molecular weight is 337 g/mol. The lowest BCUT2D eigenvalue weighted by Gasteiger charge is -2.22. The van der Waals surface area contributed by atoms with Gasteiger partial charge in [0.05, 0.1) is 22.6 Å². The summed E-state index contributed by atoms with van der Waals surface area (Å²) < 4.78 is 0. The molecule has 0 aliphatic rings. The van der Waals surface area contributed by atoms with E-state index < -0.39 is 29.7 Å². The Labute approximate surface area is 135 Å². The van der Waals surface area contributed by atoms with E-state index >= 15 is 0 Å². The van der Waals surface area contributed by atoms with E-state index in [0.717, 1.165) is 0 Å². The van der Waals surface area contributed by atoms with Crippen LogP contribution in [0.15, 0.2) is 41.8 Å². The average Bonchev–Trinajstić information content (AvgIpc) is 3.05. The van der Waals surface area contributed by atoms with Gasteiger partial charge in [0, 0.05) is 12.1 Å².